The van der Waals surface area contributed by atoms with E-state index in [1.54, 1.807) is 0 Å². The van der Waals surface area contributed by atoms with E-state index >= 15 is 0 Å². The van der Waals surface area contributed by atoms with Crippen molar-refractivity contribution in [2.24, 2.45) is 11.5 Å². The molecule has 0 saturated heterocycles. The molecule has 4 N–H and O–H groups in total. The van der Waals surface area contributed by atoms with Crippen molar-refractivity contribution < 1.29 is 0 Å². The molecule has 0 heterocycles. The smallest absolute Gasteiger partial charge is 0.00773 e. The molecule has 0 rings (SSSR count). The van der Waals surface area contributed by atoms with Gasteiger partial charge in [-0.05, 0) is 25.9 Å². The van der Waals surface area contributed by atoms with Crippen LogP contribution in [0.3, 0.4) is 0 Å². The van der Waals surface area contributed by atoms with Gasteiger partial charge in [-0.2, -0.15) is 0 Å². The minimum Gasteiger partial charge on any atom is -0.330 e. The minimum atomic E-state index is 0. The lowest BCUT2D eigenvalue weighted by atomic mass is 10.0. The van der Waals surface area contributed by atoms with E-state index in [1.807, 2.05) is 0 Å². The van der Waals surface area contributed by atoms with Gasteiger partial charge in [-0.1, -0.05) is 110 Å². The zero-order valence-corrected chi connectivity index (χ0v) is 17.8. The Kier molecular flexibility index (Phi) is 37.5. The summed E-state index contributed by atoms with van der Waals surface area (Å²) in [6.07, 6.45) is 24.0. The number of rotatable bonds is 17. The molecule has 0 spiro atoms. The molecule has 2 nitrogen and oxygen atoms in total. The van der Waals surface area contributed by atoms with Gasteiger partial charge < -0.3 is 11.5 Å². The van der Waals surface area contributed by atoms with Gasteiger partial charge in [-0.3, -0.25) is 0 Å². The Labute approximate surface area is 160 Å². The summed E-state index contributed by atoms with van der Waals surface area (Å²) in [4.78, 5) is 0. The second-order valence-corrected chi connectivity index (χ2v) is 6.88. The van der Waals surface area contributed by atoms with E-state index in [0.29, 0.717) is 0 Å². The van der Waals surface area contributed by atoms with E-state index < -0.39 is 0 Å². The summed E-state index contributed by atoms with van der Waals surface area (Å²) in [5, 5.41) is 0. The van der Waals surface area contributed by atoms with Crippen molar-refractivity contribution in [3.8, 4) is 0 Å². The molecule has 0 aliphatic rings. The van der Waals surface area contributed by atoms with E-state index in [-0.39, 0.29) is 12.4 Å². The highest BCUT2D eigenvalue weighted by atomic mass is 35.5. The molecule has 24 heavy (non-hydrogen) atoms. The summed E-state index contributed by atoms with van der Waals surface area (Å²) in [6, 6.07) is 0. The average molecular weight is 365 g/mol. The molecule has 0 aromatic rings. The molecule has 0 aromatic heterocycles. The second kappa shape index (κ2) is 31.0. The fraction of sp³-hybridized carbons (Fsp3) is 1.00. The molecule has 0 aliphatic carbocycles. The lowest BCUT2D eigenvalue weighted by Gasteiger charge is -2.03. The maximum atomic E-state index is 5.48. The minimum absolute atomic E-state index is 0. The third-order valence-electron chi connectivity index (χ3n) is 4.35. The van der Waals surface area contributed by atoms with Gasteiger partial charge in [0.2, 0.25) is 0 Å². The third kappa shape index (κ3) is 33.7. The van der Waals surface area contributed by atoms with Crippen molar-refractivity contribution in [3.63, 3.8) is 0 Å². The van der Waals surface area contributed by atoms with Crippen LogP contribution in [0.2, 0.25) is 0 Å². The molecule has 0 unspecified atom stereocenters. The summed E-state index contributed by atoms with van der Waals surface area (Å²) in [7, 11) is 0. The summed E-state index contributed by atoms with van der Waals surface area (Å²) >= 11 is 0. The van der Waals surface area contributed by atoms with Crippen molar-refractivity contribution >= 4 is 12.4 Å². The highest BCUT2D eigenvalue weighted by molar-refractivity contribution is 5.85. The molecule has 0 amide bonds. The summed E-state index contributed by atoms with van der Waals surface area (Å²) in [6.45, 7) is 6.04. The largest absolute Gasteiger partial charge is 0.330 e. The number of unbranched alkanes of at least 4 members (excludes halogenated alkanes) is 15. The second-order valence-electron chi connectivity index (χ2n) is 6.88. The number of nitrogens with two attached hydrogens (primary N) is 2. The maximum absolute atomic E-state index is 5.48. The number of hydrogen-bond donors (Lipinski definition) is 2. The molecule has 3 heteroatoms. The van der Waals surface area contributed by atoms with Crippen LogP contribution in [0.5, 0.6) is 0 Å². The molecule has 0 bridgehead atoms. The zero-order chi connectivity index (χ0) is 17.4. The van der Waals surface area contributed by atoms with Gasteiger partial charge in [0.25, 0.3) is 0 Å². The van der Waals surface area contributed by atoms with Crippen molar-refractivity contribution in [1.82, 2.24) is 0 Å². The molecule has 0 aromatic carbocycles. The SMILES string of the molecule is CCCCCCCCCCCCCCCCCCN.CCCN.Cl. The van der Waals surface area contributed by atoms with Gasteiger partial charge in [0.05, 0.1) is 0 Å². The van der Waals surface area contributed by atoms with Crippen LogP contribution in [0.4, 0.5) is 0 Å². The molecule has 0 aliphatic heterocycles. The molecule has 0 fully saturated rings. The standard InChI is InChI=1S/C18H39N.C3H9N.ClH/c1-2-3-4-5-6-7-8-9-10-11-12-13-14-15-16-17-18-19;1-2-3-4;/h2-19H2,1H3;2-4H2,1H3;1H. The average Bonchev–Trinajstić information content (AvgIpc) is 2.58. The van der Waals surface area contributed by atoms with Gasteiger partial charge in [0.1, 0.15) is 0 Å². The molecule has 0 saturated carbocycles. The van der Waals surface area contributed by atoms with Crippen LogP contribution in [0.25, 0.3) is 0 Å². The van der Waals surface area contributed by atoms with Crippen LogP contribution in [0.1, 0.15) is 123 Å². The third-order valence-corrected chi connectivity index (χ3v) is 4.35. The monoisotopic (exact) mass is 364 g/mol. The Hall–Kier alpha value is 0.210. The van der Waals surface area contributed by atoms with E-state index in [9.17, 15) is 0 Å². The predicted octanol–water partition coefficient (Wildman–Crippen LogP) is 6.98. The first kappa shape index (κ1) is 29.0. The Morgan fingerprint density at radius 1 is 0.375 bits per heavy atom. The molecule has 150 valence electrons. The summed E-state index contributed by atoms with van der Waals surface area (Å²) < 4.78 is 0. The number of hydrogen-bond acceptors (Lipinski definition) is 2. The first-order chi connectivity index (χ1) is 11.3. The lowest BCUT2D eigenvalue weighted by molar-refractivity contribution is 0.530. The van der Waals surface area contributed by atoms with Crippen molar-refractivity contribution in [1.29, 1.82) is 0 Å². The Morgan fingerprint density at radius 2 is 0.625 bits per heavy atom. The van der Waals surface area contributed by atoms with Gasteiger partial charge >= 0.3 is 0 Å². The van der Waals surface area contributed by atoms with Crippen LogP contribution >= 0.6 is 12.4 Å². The van der Waals surface area contributed by atoms with E-state index in [2.05, 4.69) is 13.8 Å². The summed E-state index contributed by atoms with van der Waals surface area (Å²) in [5.41, 5.74) is 10.5. The topological polar surface area (TPSA) is 52.0 Å². The van der Waals surface area contributed by atoms with Crippen LogP contribution in [0.15, 0.2) is 0 Å². The van der Waals surface area contributed by atoms with Gasteiger partial charge in [0, 0.05) is 0 Å². The van der Waals surface area contributed by atoms with Crippen LogP contribution < -0.4 is 11.5 Å². The van der Waals surface area contributed by atoms with Crippen molar-refractivity contribution in [2.75, 3.05) is 13.1 Å². The Morgan fingerprint density at radius 3 is 0.833 bits per heavy atom. The molecule has 0 radical (unpaired) electrons. The van der Waals surface area contributed by atoms with Crippen molar-refractivity contribution in [3.05, 3.63) is 0 Å². The van der Waals surface area contributed by atoms with E-state index in [1.165, 1.54) is 103 Å². The molecule has 0 atom stereocenters. The zero-order valence-electron chi connectivity index (χ0n) is 17.0. The first-order valence-corrected chi connectivity index (χ1v) is 10.7. The number of halogens is 1. The first-order valence-electron chi connectivity index (χ1n) is 10.7. The maximum Gasteiger partial charge on any atom is -0.00773 e. The quantitative estimate of drug-likeness (QED) is 0.273. The van der Waals surface area contributed by atoms with Crippen LogP contribution in [0, 0.1) is 0 Å². The van der Waals surface area contributed by atoms with Crippen LogP contribution in [-0.4, -0.2) is 13.1 Å². The fourth-order valence-electron chi connectivity index (χ4n) is 2.69. The van der Waals surface area contributed by atoms with Crippen molar-refractivity contribution in [2.45, 2.75) is 123 Å². The van der Waals surface area contributed by atoms with Crippen LogP contribution in [-0.2, 0) is 0 Å². The fourth-order valence-corrected chi connectivity index (χ4v) is 2.69. The Bertz CT molecular complexity index is 159. The highest BCUT2D eigenvalue weighted by Crippen LogP contribution is 2.13. The highest BCUT2D eigenvalue weighted by Gasteiger charge is 1.94. The van der Waals surface area contributed by atoms with E-state index in [4.69, 9.17) is 11.5 Å². The lowest BCUT2D eigenvalue weighted by Crippen LogP contribution is -1.97. The van der Waals surface area contributed by atoms with Gasteiger partial charge in [0.15, 0.2) is 0 Å². The van der Waals surface area contributed by atoms with E-state index in [0.717, 1.165) is 19.5 Å². The van der Waals surface area contributed by atoms with Gasteiger partial charge in [-0.25, -0.2) is 0 Å². The normalized spacial score (nSPS) is 10.0. The summed E-state index contributed by atoms with van der Waals surface area (Å²) in [5.74, 6) is 0. The van der Waals surface area contributed by atoms with Gasteiger partial charge in [-0.15, -0.1) is 12.4 Å². The predicted molar refractivity (Wildman–Crippen MR) is 115 cm³/mol. The molecular weight excluding hydrogens is 316 g/mol. The Balaban J connectivity index is -0.000000787. The molecular formula is C21H49ClN2.